The molecule has 1 fully saturated rings. The van der Waals surface area contributed by atoms with Gasteiger partial charge in [-0.25, -0.2) is 4.67 Å². The van der Waals surface area contributed by atoms with Gasteiger partial charge in [0.2, 0.25) is 0 Å². The number of hydrogen-bond acceptors (Lipinski definition) is 3. The Balaban J connectivity index is 1.33. The topological polar surface area (TPSA) is 21.7 Å². The molecule has 0 spiro atoms. The van der Waals surface area contributed by atoms with Crippen molar-refractivity contribution in [3.63, 3.8) is 0 Å². The maximum Gasteiger partial charge on any atom is 0.385 e. The average Bonchev–Trinajstić information content (AvgIpc) is 3.61. The Morgan fingerprint density at radius 2 is 1.27 bits per heavy atom. The zero-order valence-electron chi connectivity index (χ0n) is 18.3. The minimum atomic E-state index is -1.34. The van der Waals surface area contributed by atoms with Gasteiger partial charge in [-0.3, -0.25) is 0 Å². The number of hydrogen-bond donors (Lipinski definition) is 0. The summed E-state index contributed by atoms with van der Waals surface area (Å²) in [5.74, 6) is 4.25. The summed E-state index contributed by atoms with van der Waals surface area (Å²) in [4.78, 5) is 0. The Kier molecular flexibility index (Phi) is 4.67. The molecule has 0 amide bonds. The van der Waals surface area contributed by atoms with Gasteiger partial charge < -0.3 is 9.05 Å². The number of benzene rings is 3. The predicted molar refractivity (Wildman–Crippen MR) is 132 cm³/mol. The standard InChI is InChI=1S/C29H26NO2P/c1-2-8-20(9-3-1)19-30(29-21-14-16-24-25(17-15-21)28(24)29)33-31-26-12-6-4-10-22(26)18-23-11-5-7-13-27(23)32-33/h1-17,21,24-25,28-29H,18-19H2/t21?,24-,25?,28?,29?/m1/s1. The molecule has 7 rings (SSSR count). The molecule has 3 nitrogen and oxygen atoms in total. The van der Waals surface area contributed by atoms with E-state index in [1.165, 1.54) is 16.7 Å². The van der Waals surface area contributed by atoms with Gasteiger partial charge in [-0.15, -0.1) is 0 Å². The monoisotopic (exact) mass is 451 g/mol. The van der Waals surface area contributed by atoms with E-state index in [0.717, 1.165) is 24.5 Å². The number of para-hydroxylation sites is 2. The first-order valence-corrected chi connectivity index (χ1v) is 13.0. The Morgan fingerprint density at radius 3 is 1.91 bits per heavy atom. The second kappa shape index (κ2) is 7.87. The van der Waals surface area contributed by atoms with Gasteiger partial charge in [0.25, 0.3) is 0 Å². The highest BCUT2D eigenvalue weighted by Crippen LogP contribution is 2.63. The highest BCUT2D eigenvalue weighted by Gasteiger charge is 2.60. The summed E-state index contributed by atoms with van der Waals surface area (Å²) in [5, 5.41) is 0. The zero-order chi connectivity index (χ0) is 21.8. The van der Waals surface area contributed by atoms with Crippen LogP contribution in [-0.2, 0) is 13.0 Å². The van der Waals surface area contributed by atoms with Crippen LogP contribution in [0.4, 0.5) is 0 Å². The Bertz CT molecular complexity index is 1170. The smallest absolute Gasteiger partial charge is 0.385 e. The molecule has 4 unspecified atom stereocenters. The first kappa shape index (κ1) is 19.6. The third kappa shape index (κ3) is 3.42. The maximum atomic E-state index is 6.78. The van der Waals surface area contributed by atoms with Crippen LogP contribution in [0, 0.1) is 23.7 Å². The molecule has 2 bridgehead atoms. The normalized spacial score (nSPS) is 28.7. The van der Waals surface area contributed by atoms with Crippen LogP contribution in [0.25, 0.3) is 0 Å². The fourth-order valence-electron chi connectivity index (χ4n) is 5.83. The van der Waals surface area contributed by atoms with Gasteiger partial charge in [0.1, 0.15) is 11.5 Å². The molecule has 4 heteroatoms. The summed E-state index contributed by atoms with van der Waals surface area (Å²) in [6.07, 6.45) is 10.5. The van der Waals surface area contributed by atoms with E-state index in [2.05, 4.69) is 108 Å². The zero-order valence-corrected chi connectivity index (χ0v) is 19.2. The largest absolute Gasteiger partial charge is 0.427 e. The lowest BCUT2D eigenvalue weighted by Crippen LogP contribution is -2.42. The van der Waals surface area contributed by atoms with Crippen molar-refractivity contribution in [2.45, 2.75) is 19.0 Å². The van der Waals surface area contributed by atoms with E-state index in [1.54, 1.807) is 0 Å². The minimum absolute atomic E-state index is 0.389. The van der Waals surface area contributed by atoms with E-state index in [9.17, 15) is 0 Å². The van der Waals surface area contributed by atoms with Crippen molar-refractivity contribution in [1.82, 2.24) is 4.67 Å². The molecule has 0 radical (unpaired) electrons. The van der Waals surface area contributed by atoms with Crippen LogP contribution in [-0.4, -0.2) is 10.7 Å². The average molecular weight is 452 g/mol. The van der Waals surface area contributed by atoms with Gasteiger partial charge in [-0.05, 0) is 46.6 Å². The highest BCUT2D eigenvalue weighted by atomic mass is 31.2. The summed E-state index contributed by atoms with van der Waals surface area (Å²) in [6, 6.07) is 28.0. The third-order valence-electron chi connectivity index (χ3n) is 7.51. The molecule has 3 aliphatic carbocycles. The third-order valence-corrected chi connectivity index (χ3v) is 9.05. The molecule has 1 saturated carbocycles. The van der Waals surface area contributed by atoms with Crippen LogP contribution in [0.2, 0.25) is 0 Å². The van der Waals surface area contributed by atoms with Crippen molar-refractivity contribution in [1.29, 1.82) is 0 Å². The van der Waals surface area contributed by atoms with Gasteiger partial charge in [0.05, 0.1) is 0 Å². The molecule has 33 heavy (non-hydrogen) atoms. The first-order valence-electron chi connectivity index (χ1n) is 11.8. The Labute approximate surface area is 196 Å². The quantitative estimate of drug-likeness (QED) is 0.323. The fourth-order valence-corrected chi connectivity index (χ4v) is 7.57. The van der Waals surface area contributed by atoms with E-state index in [-0.39, 0.29) is 0 Å². The summed E-state index contributed by atoms with van der Waals surface area (Å²) < 4.78 is 16.1. The van der Waals surface area contributed by atoms with Crippen molar-refractivity contribution in [3.05, 3.63) is 120 Å². The number of fused-ring (bicyclic) bond motifs is 4. The number of rotatable bonds is 4. The maximum absolute atomic E-state index is 6.78. The molecule has 0 aromatic heterocycles. The van der Waals surface area contributed by atoms with Crippen molar-refractivity contribution in [3.8, 4) is 11.5 Å². The molecule has 1 aliphatic heterocycles. The molecule has 0 saturated heterocycles. The van der Waals surface area contributed by atoms with Gasteiger partial charge in [-0.2, -0.15) is 0 Å². The van der Waals surface area contributed by atoms with Crippen LogP contribution in [0.1, 0.15) is 16.7 Å². The fraction of sp³-hybridized carbons (Fsp3) is 0.241. The second-order valence-corrected chi connectivity index (χ2v) is 10.8. The summed E-state index contributed by atoms with van der Waals surface area (Å²) in [7, 11) is -1.34. The van der Waals surface area contributed by atoms with E-state index in [0.29, 0.717) is 29.7 Å². The van der Waals surface area contributed by atoms with Crippen molar-refractivity contribution in [2.75, 3.05) is 0 Å². The van der Waals surface area contributed by atoms with Crippen LogP contribution < -0.4 is 9.05 Å². The molecular weight excluding hydrogens is 425 g/mol. The highest BCUT2D eigenvalue weighted by molar-refractivity contribution is 7.45. The van der Waals surface area contributed by atoms with E-state index >= 15 is 0 Å². The Morgan fingerprint density at radius 1 is 0.697 bits per heavy atom. The molecule has 0 N–H and O–H groups in total. The summed E-state index contributed by atoms with van der Waals surface area (Å²) in [6.45, 7) is 0.815. The van der Waals surface area contributed by atoms with Gasteiger partial charge in [0.15, 0.2) is 0 Å². The first-order chi connectivity index (χ1) is 16.3. The van der Waals surface area contributed by atoms with E-state index in [1.807, 2.05) is 0 Å². The molecule has 1 heterocycles. The molecule has 4 aliphatic rings. The molecule has 3 aromatic rings. The summed E-state index contributed by atoms with van der Waals surface area (Å²) in [5.41, 5.74) is 3.73. The van der Waals surface area contributed by atoms with Gasteiger partial charge >= 0.3 is 8.53 Å². The van der Waals surface area contributed by atoms with Gasteiger partial charge in [0, 0.05) is 24.9 Å². The Hall–Kier alpha value is -2.87. The van der Waals surface area contributed by atoms with Gasteiger partial charge in [-0.1, -0.05) is 91.0 Å². The van der Waals surface area contributed by atoms with Crippen LogP contribution in [0.15, 0.2) is 103 Å². The van der Waals surface area contributed by atoms with Crippen molar-refractivity contribution < 1.29 is 9.05 Å². The van der Waals surface area contributed by atoms with Crippen LogP contribution in [0.3, 0.4) is 0 Å². The molecule has 164 valence electrons. The molecule has 3 aromatic carbocycles. The predicted octanol–water partition coefficient (Wildman–Crippen LogP) is 6.76. The summed E-state index contributed by atoms with van der Waals surface area (Å²) >= 11 is 0. The van der Waals surface area contributed by atoms with Crippen molar-refractivity contribution in [2.24, 2.45) is 23.7 Å². The number of allylic oxidation sites excluding steroid dienone is 2. The van der Waals surface area contributed by atoms with E-state index < -0.39 is 8.53 Å². The van der Waals surface area contributed by atoms with Crippen molar-refractivity contribution >= 4 is 8.53 Å². The lowest BCUT2D eigenvalue weighted by Gasteiger charge is -2.41. The molecular formula is C29H26NO2P. The number of nitrogens with zero attached hydrogens (tertiary/aromatic N) is 1. The van der Waals surface area contributed by atoms with Crippen LogP contribution >= 0.6 is 8.53 Å². The minimum Gasteiger partial charge on any atom is -0.427 e. The van der Waals surface area contributed by atoms with Crippen LogP contribution in [0.5, 0.6) is 11.5 Å². The SMILES string of the molecule is C1=CC2C3C(N(Cc4ccccc4)P4Oc5ccccc5Cc5ccccc5O4)C1C=C[C@H]23. The second-order valence-electron chi connectivity index (χ2n) is 9.47. The lowest BCUT2D eigenvalue weighted by atomic mass is 9.87. The van der Waals surface area contributed by atoms with E-state index in [4.69, 9.17) is 9.05 Å². The lowest BCUT2D eigenvalue weighted by molar-refractivity contribution is 0.211. The molecule has 5 atom stereocenters.